The molecule has 138 valence electrons. The largest absolute Gasteiger partial charge is 0.299 e. The molecule has 0 saturated carbocycles. The lowest BCUT2D eigenvalue weighted by molar-refractivity contribution is -0.121. The van der Waals surface area contributed by atoms with Crippen LogP contribution >= 0.6 is 11.6 Å². The van der Waals surface area contributed by atoms with E-state index in [4.69, 9.17) is 11.6 Å². The fraction of sp³-hybridized carbons (Fsp3) is 0.158. The molecule has 2 N–H and O–H groups in total. The Hall–Kier alpha value is -3.19. The minimum atomic E-state index is -0.448. The summed E-state index contributed by atoms with van der Waals surface area (Å²) >= 11 is 5.77. The maximum Gasteiger partial charge on any atom is 0.269 e. The molecule has 8 heteroatoms. The molecule has 0 fully saturated rings. The van der Waals surface area contributed by atoms with Crippen LogP contribution in [-0.4, -0.2) is 21.4 Å². The summed E-state index contributed by atoms with van der Waals surface area (Å²) in [7, 11) is 1.62. The van der Waals surface area contributed by atoms with Gasteiger partial charge in [0.1, 0.15) is 5.82 Å². The van der Waals surface area contributed by atoms with Gasteiger partial charge in [-0.2, -0.15) is 0 Å². The van der Waals surface area contributed by atoms with Crippen LogP contribution in [0.25, 0.3) is 10.9 Å². The zero-order valence-electron chi connectivity index (χ0n) is 14.5. The summed E-state index contributed by atoms with van der Waals surface area (Å²) in [4.78, 5) is 40.7. The third-order valence-corrected chi connectivity index (χ3v) is 4.33. The highest BCUT2D eigenvalue weighted by Crippen LogP contribution is 2.09. The molecule has 27 heavy (non-hydrogen) atoms. The van der Waals surface area contributed by atoms with E-state index in [0.717, 1.165) is 0 Å². The summed E-state index contributed by atoms with van der Waals surface area (Å²) < 4.78 is 1.43. The molecule has 0 aliphatic rings. The fourth-order valence-corrected chi connectivity index (χ4v) is 2.70. The zero-order valence-corrected chi connectivity index (χ0v) is 15.3. The number of amides is 2. The van der Waals surface area contributed by atoms with Crippen LogP contribution in [0.1, 0.15) is 22.6 Å². The van der Waals surface area contributed by atoms with Crippen LogP contribution < -0.4 is 16.4 Å². The second-order valence-corrected chi connectivity index (χ2v) is 6.35. The van der Waals surface area contributed by atoms with Crippen molar-refractivity contribution in [2.45, 2.75) is 12.8 Å². The molecule has 1 heterocycles. The van der Waals surface area contributed by atoms with Crippen LogP contribution in [0.15, 0.2) is 53.3 Å². The van der Waals surface area contributed by atoms with Gasteiger partial charge in [-0.3, -0.25) is 29.8 Å². The molecule has 2 amide bonds. The first-order chi connectivity index (χ1) is 13.0. The monoisotopic (exact) mass is 384 g/mol. The Bertz CT molecular complexity index is 1060. The second kappa shape index (κ2) is 8.01. The van der Waals surface area contributed by atoms with Crippen molar-refractivity contribution in [1.29, 1.82) is 0 Å². The Labute approximate surface area is 160 Å². The fourth-order valence-electron chi connectivity index (χ4n) is 2.58. The predicted molar refractivity (Wildman–Crippen MR) is 102 cm³/mol. The van der Waals surface area contributed by atoms with E-state index in [0.29, 0.717) is 27.3 Å². The highest BCUT2D eigenvalue weighted by molar-refractivity contribution is 6.30. The molecule has 0 aliphatic carbocycles. The molecule has 0 spiro atoms. The number of carbonyl (C=O) groups is 2. The van der Waals surface area contributed by atoms with E-state index in [9.17, 15) is 14.4 Å². The predicted octanol–water partition coefficient (Wildman–Crippen LogP) is 1.98. The van der Waals surface area contributed by atoms with Crippen LogP contribution in [0.5, 0.6) is 0 Å². The van der Waals surface area contributed by atoms with Crippen molar-refractivity contribution < 1.29 is 9.59 Å². The molecule has 1 aromatic heterocycles. The lowest BCUT2D eigenvalue weighted by Gasteiger charge is -2.10. The molecule has 3 rings (SSSR count). The Kier molecular flexibility index (Phi) is 5.52. The van der Waals surface area contributed by atoms with Crippen molar-refractivity contribution in [2.24, 2.45) is 7.05 Å². The first-order valence-electron chi connectivity index (χ1n) is 8.25. The van der Waals surface area contributed by atoms with Crippen molar-refractivity contribution in [2.75, 3.05) is 0 Å². The number of rotatable bonds is 4. The number of benzene rings is 2. The van der Waals surface area contributed by atoms with Crippen LogP contribution in [0, 0.1) is 0 Å². The highest BCUT2D eigenvalue weighted by Gasteiger charge is 2.11. The molecule has 0 atom stereocenters. The van der Waals surface area contributed by atoms with Gasteiger partial charge in [0.05, 0.1) is 10.9 Å². The van der Waals surface area contributed by atoms with Gasteiger partial charge in [0, 0.05) is 30.5 Å². The summed E-state index contributed by atoms with van der Waals surface area (Å²) in [6.45, 7) is 0. The number of para-hydroxylation sites is 1. The SMILES string of the molecule is Cn1c(CCC(=O)NNC(=O)c2ccc(Cl)cc2)nc2ccccc2c1=O. The molecule has 3 aromatic rings. The highest BCUT2D eigenvalue weighted by atomic mass is 35.5. The van der Waals surface area contributed by atoms with Crippen molar-refractivity contribution in [3.05, 3.63) is 75.3 Å². The molecule has 2 aromatic carbocycles. The number of aryl methyl sites for hydroxylation is 1. The van der Waals surface area contributed by atoms with Crippen LogP contribution in [-0.2, 0) is 18.3 Å². The second-order valence-electron chi connectivity index (χ2n) is 5.92. The van der Waals surface area contributed by atoms with Gasteiger partial charge in [-0.25, -0.2) is 4.98 Å². The summed E-state index contributed by atoms with van der Waals surface area (Å²) in [6.07, 6.45) is 0.332. The van der Waals surface area contributed by atoms with E-state index in [1.165, 1.54) is 4.57 Å². The molecule has 0 aliphatic heterocycles. The maximum absolute atomic E-state index is 12.3. The third kappa shape index (κ3) is 4.32. The molecule has 7 nitrogen and oxygen atoms in total. The Morgan fingerprint density at radius 3 is 2.52 bits per heavy atom. The molecule has 0 saturated heterocycles. The van der Waals surface area contributed by atoms with Crippen molar-refractivity contribution >= 4 is 34.3 Å². The topological polar surface area (TPSA) is 93.1 Å². The van der Waals surface area contributed by atoms with Crippen LogP contribution in [0.2, 0.25) is 5.02 Å². The van der Waals surface area contributed by atoms with Crippen molar-refractivity contribution in [1.82, 2.24) is 20.4 Å². The van der Waals surface area contributed by atoms with E-state index in [1.807, 2.05) is 0 Å². The number of halogens is 1. The van der Waals surface area contributed by atoms with Crippen molar-refractivity contribution in [3.8, 4) is 0 Å². The Balaban J connectivity index is 1.60. The minimum Gasteiger partial charge on any atom is -0.299 e. The summed E-state index contributed by atoms with van der Waals surface area (Å²) in [5.74, 6) is -0.339. The third-order valence-electron chi connectivity index (χ3n) is 4.07. The lowest BCUT2D eigenvalue weighted by Crippen LogP contribution is -2.41. The van der Waals surface area contributed by atoms with E-state index in [-0.39, 0.29) is 24.3 Å². The van der Waals surface area contributed by atoms with Gasteiger partial charge in [0.15, 0.2) is 0 Å². The van der Waals surface area contributed by atoms with Gasteiger partial charge in [-0.15, -0.1) is 0 Å². The standard InChI is InChI=1S/C19H17ClN4O3/c1-24-16(21-15-5-3-2-4-14(15)19(24)27)10-11-17(25)22-23-18(26)12-6-8-13(20)9-7-12/h2-9H,10-11H2,1H3,(H,22,25)(H,23,26). The average Bonchev–Trinajstić information content (AvgIpc) is 2.68. The van der Waals surface area contributed by atoms with Gasteiger partial charge < -0.3 is 0 Å². The Morgan fingerprint density at radius 1 is 1.07 bits per heavy atom. The number of carbonyl (C=O) groups excluding carboxylic acids is 2. The number of fused-ring (bicyclic) bond motifs is 1. The molecule has 0 radical (unpaired) electrons. The van der Waals surface area contributed by atoms with Crippen LogP contribution in [0.3, 0.4) is 0 Å². The van der Waals surface area contributed by atoms with E-state index in [2.05, 4.69) is 15.8 Å². The average molecular weight is 385 g/mol. The number of hydrogen-bond donors (Lipinski definition) is 2. The minimum absolute atomic E-state index is 0.0690. The summed E-state index contributed by atoms with van der Waals surface area (Å²) in [5, 5.41) is 1.05. The van der Waals surface area contributed by atoms with E-state index >= 15 is 0 Å². The molecular formula is C19H17ClN4O3. The number of hydrogen-bond acceptors (Lipinski definition) is 4. The first kappa shape index (κ1) is 18.6. The molecule has 0 bridgehead atoms. The number of nitrogens with zero attached hydrogens (tertiary/aromatic N) is 2. The van der Waals surface area contributed by atoms with E-state index in [1.54, 1.807) is 55.6 Å². The van der Waals surface area contributed by atoms with Crippen LogP contribution in [0.4, 0.5) is 0 Å². The molecular weight excluding hydrogens is 368 g/mol. The molecule has 0 unspecified atom stereocenters. The number of hydrazine groups is 1. The van der Waals surface area contributed by atoms with Gasteiger partial charge in [0.25, 0.3) is 11.5 Å². The van der Waals surface area contributed by atoms with Gasteiger partial charge in [0.2, 0.25) is 5.91 Å². The number of aromatic nitrogens is 2. The van der Waals surface area contributed by atoms with E-state index < -0.39 is 5.91 Å². The normalized spacial score (nSPS) is 10.6. The smallest absolute Gasteiger partial charge is 0.269 e. The lowest BCUT2D eigenvalue weighted by atomic mass is 10.2. The maximum atomic E-state index is 12.3. The summed E-state index contributed by atoms with van der Waals surface area (Å²) in [5.41, 5.74) is 5.49. The number of nitrogens with one attached hydrogen (secondary N) is 2. The quantitative estimate of drug-likeness (QED) is 0.673. The van der Waals surface area contributed by atoms with Crippen molar-refractivity contribution in [3.63, 3.8) is 0 Å². The van der Waals surface area contributed by atoms with Gasteiger partial charge in [-0.1, -0.05) is 23.7 Å². The Morgan fingerprint density at radius 2 is 1.78 bits per heavy atom. The zero-order chi connectivity index (χ0) is 19.4. The van der Waals surface area contributed by atoms with Gasteiger partial charge >= 0.3 is 0 Å². The van der Waals surface area contributed by atoms with Gasteiger partial charge in [-0.05, 0) is 36.4 Å². The first-order valence-corrected chi connectivity index (χ1v) is 8.63. The summed E-state index contributed by atoms with van der Waals surface area (Å²) in [6, 6.07) is 13.3.